The van der Waals surface area contributed by atoms with Crippen molar-refractivity contribution >= 4 is 11.0 Å². The predicted octanol–water partition coefficient (Wildman–Crippen LogP) is 2.30. The summed E-state index contributed by atoms with van der Waals surface area (Å²) in [5.74, 6) is 1.57. The van der Waals surface area contributed by atoms with Crippen molar-refractivity contribution in [2.24, 2.45) is 0 Å². The first-order valence-electron chi connectivity index (χ1n) is 5.98. The van der Waals surface area contributed by atoms with Gasteiger partial charge in [-0.3, -0.25) is 0 Å². The number of fused-ring (bicyclic) bond motifs is 1. The first kappa shape index (κ1) is 12.9. The molecule has 18 heavy (non-hydrogen) atoms. The van der Waals surface area contributed by atoms with Crippen molar-refractivity contribution in [2.45, 2.75) is 26.0 Å². The maximum absolute atomic E-state index is 9.60. The normalized spacial score (nSPS) is 12.0. The average molecular weight is 249 g/mol. The Morgan fingerprint density at radius 3 is 2.83 bits per heavy atom. The van der Waals surface area contributed by atoms with Gasteiger partial charge in [0.05, 0.1) is 19.3 Å². The number of methoxy groups -OCH3 is 1. The Morgan fingerprint density at radius 2 is 2.17 bits per heavy atom. The van der Waals surface area contributed by atoms with Crippen molar-refractivity contribution in [3.05, 3.63) is 30.0 Å². The van der Waals surface area contributed by atoms with Gasteiger partial charge in [0.1, 0.15) is 5.76 Å². The van der Waals surface area contributed by atoms with E-state index in [0.29, 0.717) is 13.1 Å². The van der Waals surface area contributed by atoms with Crippen LogP contribution in [0.5, 0.6) is 5.75 Å². The second kappa shape index (κ2) is 5.00. The summed E-state index contributed by atoms with van der Waals surface area (Å²) >= 11 is 0. The number of nitrogens with one attached hydrogen (secondary N) is 1. The number of benzene rings is 1. The number of aliphatic hydroxyl groups is 1. The zero-order chi connectivity index (χ0) is 13.2. The molecule has 2 aromatic rings. The van der Waals surface area contributed by atoms with Gasteiger partial charge in [-0.2, -0.15) is 0 Å². The molecule has 0 spiro atoms. The number of hydrogen-bond donors (Lipinski definition) is 2. The van der Waals surface area contributed by atoms with Crippen LogP contribution in [-0.2, 0) is 6.54 Å². The van der Waals surface area contributed by atoms with E-state index in [2.05, 4.69) is 5.32 Å². The van der Waals surface area contributed by atoms with Crippen molar-refractivity contribution in [3.63, 3.8) is 0 Å². The topological polar surface area (TPSA) is 54.6 Å². The summed E-state index contributed by atoms with van der Waals surface area (Å²) in [5, 5.41) is 13.8. The minimum atomic E-state index is -0.719. The van der Waals surface area contributed by atoms with Crippen LogP contribution in [0.4, 0.5) is 0 Å². The smallest absolute Gasteiger partial charge is 0.176 e. The first-order chi connectivity index (χ1) is 8.49. The van der Waals surface area contributed by atoms with Crippen LogP contribution >= 0.6 is 0 Å². The molecule has 0 aliphatic carbocycles. The number of ether oxygens (including phenoxy) is 1. The van der Waals surface area contributed by atoms with Gasteiger partial charge < -0.3 is 19.6 Å². The summed E-state index contributed by atoms with van der Waals surface area (Å²) in [6, 6.07) is 7.78. The lowest BCUT2D eigenvalue weighted by Crippen LogP contribution is -2.34. The molecular formula is C14H19NO3. The molecule has 0 saturated heterocycles. The SMILES string of the molecule is COc1cccc2cc(CNCC(C)(C)O)oc12. The summed E-state index contributed by atoms with van der Waals surface area (Å²) < 4.78 is 11.0. The van der Waals surface area contributed by atoms with Crippen molar-refractivity contribution in [1.82, 2.24) is 5.32 Å². The molecule has 0 radical (unpaired) electrons. The van der Waals surface area contributed by atoms with Gasteiger partial charge in [0.25, 0.3) is 0 Å². The molecule has 98 valence electrons. The molecule has 2 rings (SSSR count). The quantitative estimate of drug-likeness (QED) is 0.853. The molecule has 0 bridgehead atoms. The van der Waals surface area contributed by atoms with E-state index in [1.165, 1.54) is 0 Å². The minimum Gasteiger partial charge on any atom is -0.493 e. The summed E-state index contributed by atoms with van der Waals surface area (Å²) in [7, 11) is 1.63. The lowest BCUT2D eigenvalue weighted by molar-refractivity contribution is 0.0790. The van der Waals surface area contributed by atoms with E-state index < -0.39 is 5.60 Å². The summed E-state index contributed by atoms with van der Waals surface area (Å²) in [5.41, 5.74) is 0.0454. The van der Waals surface area contributed by atoms with Crippen LogP contribution in [0.25, 0.3) is 11.0 Å². The molecule has 0 aliphatic heterocycles. The Hall–Kier alpha value is -1.52. The lowest BCUT2D eigenvalue weighted by Gasteiger charge is -2.16. The average Bonchev–Trinajstić information content (AvgIpc) is 2.69. The van der Waals surface area contributed by atoms with E-state index in [1.807, 2.05) is 24.3 Å². The third-order valence-electron chi connectivity index (χ3n) is 2.64. The second-order valence-corrected chi connectivity index (χ2v) is 5.01. The highest BCUT2D eigenvalue weighted by atomic mass is 16.5. The summed E-state index contributed by atoms with van der Waals surface area (Å²) in [4.78, 5) is 0. The van der Waals surface area contributed by atoms with E-state index in [1.54, 1.807) is 21.0 Å². The number of para-hydroxylation sites is 1. The van der Waals surface area contributed by atoms with Crippen LogP contribution < -0.4 is 10.1 Å². The molecular weight excluding hydrogens is 230 g/mol. The zero-order valence-electron chi connectivity index (χ0n) is 11.0. The molecule has 1 heterocycles. The third kappa shape index (κ3) is 3.03. The fraction of sp³-hybridized carbons (Fsp3) is 0.429. The third-order valence-corrected chi connectivity index (χ3v) is 2.64. The molecule has 4 heteroatoms. The van der Waals surface area contributed by atoms with E-state index in [9.17, 15) is 5.11 Å². The predicted molar refractivity (Wildman–Crippen MR) is 70.8 cm³/mol. The van der Waals surface area contributed by atoms with Crippen LogP contribution in [0.2, 0.25) is 0 Å². The standard InChI is InChI=1S/C14H19NO3/c1-14(2,16)9-15-8-11-7-10-5-4-6-12(17-3)13(10)18-11/h4-7,15-16H,8-9H2,1-3H3. The van der Waals surface area contributed by atoms with Gasteiger partial charge in [0.2, 0.25) is 0 Å². The first-order valence-corrected chi connectivity index (χ1v) is 5.98. The van der Waals surface area contributed by atoms with E-state index in [4.69, 9.17) is 9.15 Å². The van der Waals surface area contributed by atoms with Gasteiger partial charge in [-0.25, -0.2) is 0 Å². The van der Waals surface area contributed by atoms with E-state index in [0.717, 1.165) is 22.5 Å². The lowest BCUT2D eigenvalue weighted by atomic mass is 10.1. The fourth-order valence-electron chi connectivity index (χ4n) is 1.83. The maximum atomic E-state index is 9.60. The monoisotopic (exact) mass is 249 g/mol. The highest BCUT2D eigenvalue weighted by Crippen LogP contribution is 2.28. The van der Waals surface area contributed by atoms with Gasteiger partial charge in [0.15, 0.2) is 11.3 Å². The van der Waals surface area contributed by atoms with Gasteiger partial charge in [-0.05, 0) is 26.0 Å². The number of furan rings is 1. The second-order valence-electron chi connectivity index (χ2n) is 5.01. The Labute approximate surface area is 107 Å². The van der Waals surface area contributed by atoms with Crippen LogP contribution in [0.15, 0.2) is 28.7 Å². The number of rotatable bonds is 5. The number of hydrogen-bond acceptors (Lipinski definition) is 4. The molecule has 4 nitrogen and oxygen atoms in total. The highest BCUT2D eigenvalue weighted by Gasteiger charge is 2.12. The molecule has 0 aliphatic rings. The molecule has 0 fully saturated rings. The van der Waals surface area contributed by atoms with E-state index >= 15 is 0 Å². The molecule has 0 saturated carbocycles. The van der Waals surface area contributed by atoms with Crippen LogP contribution in [0.1, 0.15) is 19.6 Å². The van der Waals surface area contributed by atoms with Crippen LogP contribution in [-0.4, -0.2) is 24.4 Å². The van der Waals surface area contributed by atoms with Crippen molar-refractivity contribution in [1.29, 1.82) is 0 Å². The molecule has 0 atom stereocenters. The Bertz CT molecular complexity index is 525. The fourth-order valence-corrected chi connectivity index (χ4v) is 1.83. The Balaban J connectivity index is 2.11. The van der Waals surface area contributed by atoms with Gasteiger partial charge in [-0.1, -0.05) is 12.1 Å². The van der Waals surface area contributed by atoms with Gasteiger partial charge in [0, 0.05) is 11.9 Å². The summed E-state index contributed by atoms with van der Waals surface area (Å²) in [6.45, 7) is 4.63. The minimum absolute atomic E-state index is 0.515. The molecule has 1 aromatic carbocycles. The molecule has 0 amide bonds. The van der Waals surface area contributed by atoms with Gasteiger partial charge >= 0.3 is 0 Å². The Kier molecular flexibility index (Phi) is 3.59. The van der Waals surface area contributed by atoms with Crippen LogP contribution in [0.3, 0.4) is 0 Å². The largest absolute Gasteiger partial charge is 0.493 e. The molecule has 2 N–H and O–H groups in total. The van der Waals surface area contributed by atoms with Crippen molar-refractivity contribution < 1.29 is 14.3 Å². The molecule has 0 unspecified atom stereocenters. The van der Waals surface area contributed by atoms with Gasteiger partial charge in [-0.15, -0.1) is 0 Å². The Morgan fingerprint density at radius 1 is 1.39 bits per heavy atom. The van der Waals surface area contributed by atoms with Crippen LogP contribution in [0, 0.1) is 0 Å². The van der Waals surface area contributed by atoms with E-state index in [-0.39, 0.29) is 0 Å². The maximum Gasteiger partial charge on any atom is 0.176 e. The molecule has 1 aromatic heterocycles. The zero-order valence-corrected chi connectivity index (χ0v) is 11.0. The highest BCUT2D eigenvalue weighted by molar-refractivity contribution is 5.83. The van der Waals surface area contributed by atoms with Crippen molar-refractivity contribution in [3.8, 4) is 5.75 Å². The van der Waals surface area contributed by atoms with Crippen molar-refractivity contribution in [2.75, 3.05) is 13.7 Å². The summed E-state index contributed by atoms with van der Waals surface area (Å²) in [6.07, 6.45) is 0.